The van der Waals surface area contributed by atoms with Crippen LogP contribution in [-0.4, -0.2) is 21.3 Å². The maximum Gasteiger partial charge on any atom is 0.314 e. The molecule has 0 spiro atoms. The van der Waals surface area contributed by atoms with Crippen molar-refractivity contribution in [1.29, 1.82) is 0 Å². The van der Waals surface area contributed by atoms with Gasteiger partial charge in [-0.2, -0.15) is 0 Å². The minimum atomic E-state index is -0.893. The Morgan fingerprint density at radius 1 is 1.24 bits per heavy atom. The fourth-order valence-corrected chi connectivity index (χ4v) is 2.64. The Labute approximate surface area is 99.5 Å². The number of rotatable bonds is 2. The summed E-state index contributed by atoms with van der Waals surface area (Å²) in [6.07, 6.45) is 2.94. The van der Waals surface area contributed by atoms with Gasteiger partial charge in [0.05, 0.1) is 5.41 Å². The summed E-state index contributed by atoms with van der Waals surface area (Å²) in [7, 11) is 0. The normalized spacial score (nSPS) is 18.2. The number of carboxylic acid groups (broad SMARTS) is 1. The van der Waals surface area contributed by atoms with E-state index in [1.54, 1.807) is 13.0 Å². The molecule has 1 fully saturated rings. The Morgan fingerprint density at radius 2 is 1.82 bits per heavy atom. The average molecular weight is 236 g/mol. The average Bonchev–Trinajstić information content (AvgIpc) is 2.75. The van der Waals surface area contributed by atoms with Gasteiger partial charge in [-0.3, -0.25) is 4.79 Å². The van der Waals surface area contributed by atoms with Crippen LogP contribution in [0, 0.1) is 6.92 Å². The van der Waals surface area contributed by atoms with E-state index in [9.17, 15) is 20.1 Å². The first-order chi connectivity index (χ1) is 7.97. The zero-order chi connectivity index (χ0) is 12.6. The third-order valence-corrected chi connectivity index (χ3v) is 3.70. The predicted octanol–water partition coefficient (Wildman–Crippen LogP) is 2.30. The summed E-state index contributed by atoms with van der Waals surface area (Å²) in [5, 5.41) is 28.5. The van der Waals surface area contributed by atoms with Gasteiger partial charge in [0.2, 0.25) is 0 Å². The van der Waals surface area contributed by atoms with Gasteiger partial charge in [-0.15, -0.1) is 0 Å². The van der Waals surface area contributed by atoms with Crippen molar-refractivity contribution in [3.63, 3.8) is 0 Å². The predicted molar refractivity (Wildman–Crippen MR) is 62.3 cm³/mol. The van der Waals surface area contributed by atoms with Crippen molar-refractivity contribution < 1.29 is 20.1 Å². The van der Waals surface area contributed by atoms with E-state index in [0.29, 0.717) is 24.0 Å². The summed E-state index contributed by atoms with van der Waals surface area (Å²) >= 11 is 0. The van der Waals surface area contributed by atoms with Crippen molar-refractivity contribution in [1.82, 2.24) is 0 Å². The maximum absolute atomic E-state index is 11.5. The van der Waals surface area contributed by atoms with Crippen LogP contribution in [0.15, 0.2) is 12.1 Å². The minimum absolute atomic E-state index is 0.174. The minimum Gasteiger partial charge on any atom is -0.504 e. The molecule has 4 heteroatoms. The molecule has 0 unspecified atom stereocenters. The summed E-state index contributed by atoms with van der Waals surface area (Å²) in [5.74, 6) is -1.26. The van der Waals surface area contributed by atoms with Gasteiger partial charge in [-0.1, -0.05) is 18.9 Å². The molecule has 0 heterocycles. The largest absolute Gasteiger partial charge is 0.504 e. The molecule has 1 aliphatic rings. The molecule has 0 bridgehead atoms. The monoisotopic (exact) mass is 236 g/mol. The fraction of sp³-hybridized carbons (Fsp3) is 0.462. The third-order valence-electron chi connectivity index (χ3n) is 3.70. The molecular formula is C13H16O4. The highest BCUT2D eigenvalue weighted by Gasteiger charge is 2.43. The molecule has 1 aromatic rings. The van der Waals surface area contributed by atoms with Crippen molar-refractivity contribution in [2.75, 3.05) is 0 Å². The molecule has 2 rings (SSSR count). The SMILES string of the molecule is Cc1cc(C2(C(=O)O)CCCC2)cc(O)c1O. The van der Waals surface area contributed by atoms with Crippen molar-refractivity contribution in [3.8, 4) is 11.5 Å². The molecule has 0 saturated heterocycles. The van der Waals surface area contributed by atoms with E-state index in [1.165, 1.54) is 6.07 Å². The van der Waals surface area contributed by atoms with Crippen LogP contribution in [0.2, 0.25) is 0 Å². The van der Waals surface area contributed by atoms with E-state index in [-0.39, 0.29) is 11.5 Å². The van der Waals surface area contributed by atoms with E-state index in [4.69, 9.17) is 0 Å². The van der Waals surface area contributed by atoms with E-state index < -0.39 is 11.4 Å². The van der Waals surface area contributed by atoms with Crippen LogP contribution in [0.1, 0.15) is 36.8 Å². The number of phenols is 2. The number of hydrogen-bond acceptors (Lipinski definition) is 3. The van der Waals surface area contributed by atoms with Crippen molar-refractivity contribution in [3.05, 3.63) is 23.3 Å². The van der Waals surface area contributed by atoms with E-state index in [1.807, 2.05) is 0 Å². The van der Waals surface area contributed by atoms with Gasteiger partial charge in [0, 0.05) is 0 Å². The van der Waals surface area contributed by atoms with Crippen molar-refractivity contribution >= 4 is 5.97 Å². The lowest BCUT2D eigenvalue weighted by Gasteiger charge is -2.25. The summed E-state index contributed by atoms with van der Waals surface area (Å²) in [6.45, 7) is 1.66. The zero-order valence-corrected chi connectivity index (χ0v) is 9.73. The first-order valence-corrected chi connectivity index (χ1v) is 5.74. The number of phenolic OH excluding ortho intramolecular Hbond substituents is 2. The summed E-state index contributed by atoms with van der Waals surface area (Å²) in [6, 6.07) is 3.04. The standard InChI is InChI=1S/C13H16O4/c1-8-6-9(7-10(14)11(8)15)13(12(16)17)4-2-3-5-13/h6-7,14-15H,2-5H2,1H3,(H,16,17). The molecule has 3 N–H and O–H groups in total. The summed E-state index contributed by atoms with van der Waals surface area (Å²) in [5.41, 5.74) is 0.207. The quantitative estimate of drug-likeness (QED) is 0.688. The first-order valence-electron chi connectivity index (χ1n) is 5.74. The summed E-state index contributed by atoms with van der Waals surface area (Å²) < 4.78 is 0. The van der Waals surface area contributed by atoms with Gasteiger partial charge < -0.3 is 15.3 Å². The van der Waals surface area contributed by atoms with Gasteiger partial charge in [0.25, 0.3) is 0 Å². The number of carboxylic acids is 1. The van der Waals surface area contributed by atoms with Crippen LogP contribution in [0.5, 0.6) is 11.5 Å². The van der Waals surface area contributed by atoms with Crippen LogP contribution in [0.4, 0.5) is 0 Å². The second-order valence-electron chi connectivity index (χ2n) is 4.76. The highest BCUT2D eigenvalue weighted by Crippen LogP contribution is 2.44. The molecule has 17 heavy (non-hydrogen) atoms. The zero-order valence-electron chi connectivity index (χ0n) is 9.73. The lowest BCUT2D eigenvalue weighted by Crippen LogP contribution is -2.32. The Morgan fingerprint density at radius 3 is 2.29 bits per heavy atom. The van der Waals surface area contributed by atoms with Crippen molar-refractivity contribution in [2.45, 2.75) is 38.0 Å². The van der Waals surface area contributed by atoms with E-state index in [0.717, 1.165) is 12.8 Å². The summed E-state index contributed by atoms with van der Waals surface area (Å²) in [4.78, 5) is 11.5. The van der Waals surface area contributed by atoms with Gasteiger partial charge >= 0.3 is 5.97 Å². The number of carbonyl (C=O) groups is 1. The van der Waals surface area contributed by atoms with Crippen LogP contribution in [0.3, 0.4) is 0 Å². The topological polar surface area (TPSA) is 77.8 Å². The Hall–Kier alpha value is -1.71. The lowest BCUT2D eigenvalue weighted by molar-refractivity contribution is -0.143. The number of hydrogen-bond donors (Lipinski definition) is 3. The van der Waals surface area contributed by atoms with Gasteiger partial charge in [-0.05, 0) is 37.0 Å². The van der Waals surface area contributed by atoms with E-state index in [2.05, 4.69) is 0 Å². The number of aryl methyl sites for hydroxylation is 1. The molecule has 1 aliphatic carbocycles. The number of aromatic hydroxyl groups is 2. The molecule has 0 aromatic heterocycles. The van der Waals surface area contributed by atoms with Crippen molar-refractivity contribution in [2.24, 2.45) is 0 Å². The molecule has 4 nitrogen and oxygen atoms in total. The fourth-order valence-electron chi connectivity index (χ4n) is 2.64. The molecule has 1 saturated carbocycles. The Bertz CT molecular complexity index is 435. The highest BCUT2D eigenvalue weighted by atomic mass is 16.4. The smallest absolute Gasteiger partial charge is 0.314 e. The Balaban J connectivity index is 2.55. The molecule has 0 radical (unpaired) electrons. The van der Waals surface area contributed by atoms with Gasteiger partial charge in [0.15, 0.2) is 11.5 Å². The molecule has 0 aliphatic heterocycles. The van der Waals surface area contributed by atoms with Crippen LogP contribution >= 0.6 is 0 Å². The number of benzene rings is 1. The molecule has 0 atom stereocenters. The molecule has 1 aromatic carbocycles. The number of aliphatic carboxylic acids is 1. The van der Waals surface area contributed by atoms with E-state index >= 15 is 0 Å². The second-order valence-corrected chi connectivity index (χ2v) is 4.76. The van der Waals surface area contributed by atoms with Gasteiger partial charge in [-0.25, -0.2) is 0 Å². The molecule has 0 amide bonds. The maximum atomic E-state index is 11.5. The Kier molecular flexibility index (Phi) is 2.73. The van der Waals surface area contributed by atoms with Crippen LogP contribution in [-0.2, 0) is 10.2 Å². The second kappa shape index (κ2) is 3.95. The molecular weight excluding hydrogens is 220 g/mol. The molecule has 92 valence electrons. The first kappa shape index (κ1) is 11.8. The van der Waals surface area contributed by atoms with Crippen LogP contribution in [0.25, 0.3) is 0 Å². The van der Waals surface area contributed by atoms with Crippen LogP contribution < -0.4 is 0 Å². The third kappa shape index (κ3) is 1.73. The van der Waals surface area contributed by atoms with Gasteiger partial charge in [0.1, 0.15) is 0 Å². The lowest BCUT2D eigenvalue weighted by atomic mass is 9.78. The highest BCUT2D eigenvalue weighted by molar-refractivity contribution is 5.82.